The Morgan fingerprint density at radius 2 is 2.03 bits per heavy atom. The van der Waals surface area contributed by atoms with E-state index < -0.39 is 23.1 Å². The van der Waals surface area contributed by atoms with E-state index in [-0.39, 0.29) is 6.42 Å². The molecule has 7 nitrogen and oxygen atoms in total. The first-order valence-corrected chi connectivity index (χ1v) is 9.28. The van der Waals surface area contributed by atoms with Gasteiger partial charge < -0.3 is 10.5 Å². The molecule has 148 valence electrons. The van der Waals surface area contributed by atoms with Gasteiger partial charge in [0.05, 0.1) is 16.8 Å². The van der Waals surface area contributed by atoms with E-state index in [0.717, 1.165) is 22.2 Å². The van der Waals surface area contributed by atoms with Crippen LogP contribution in [0.25, 0.3) is 10.9 Å². The summed E-state index contributed by atoms with van der Waals surface area (Å²) in [4.78, 5) is 28.4. The Morgan fingerprint density at radius 1 is 1.24 bits per heavy atom. The van der Waals surface area contributed by atoms with E-state index in [1.807, 2.05) is 37.3 Å². The minimum absolute atomic E-state index is 0.256. The van der Waals surface area contributed by atoms with Crippen molar-refractivity contribution < 1.29 is 19.5 Å². The smallest absolute Gasteiger partial charge is 0.247 e. The molecule has 1 aliphatic carbocycles. The highest BCUT2D eigenvalue weighted by molar-refractivity contribution is 5.99. The number of hydrogen-bond acceptors (Lipinski definition) is 5. The van der Waals surface area contributed by atoms with Crippen LogP contribution in [-0.4, -0.2) is 22.0 Å². The summed E-state index contributed by atoms with van der Waals surface area (Å²) in [6.45, 7) is 2.27. The van der Waals surface area contributed by atoms with Crippen LogP contribution in [0.4, 0.5) is 0 Å². The molecule has 0 spiro atoms. The topological polar surface area (TPSA) is 115 Å². The van der Waals surface area contributed by atoms with Crippen molar-refractivity contribution in [3.8, 4) is 5.75 Å². The third kappa shape index (κ3) is 3.30. The van der Waals surface area contributed by atoms with Crippen molar-refractivity contribution in [2.24, 2.45) is 11.7 Å². The van der Waals surface area contributed by atoms with Gasteiger partial charge >= 0.3 is 0 Å². The molecule has 2 aromatic carbocycles. The monoisotopic (exact) mass is 391 g/mol. The molecule has 29 heavy (non-hydrogen) atoms. The molecule has 0 saturated heterocycles. The second kappa shape index (κ2) is 7.18. The number of rotatable bonds is 6. The first kappa shape index (κ1) is 18.9. The maximum absolute atomic E-state index is 12.1. The lowest BCUT2D eigenvalue weighted by Crippen LogP contribution is -2.35. The molecular formula is C22H21N3O4. The molecule has 4 N–H and O–H groups in total. The van der Waals surface area contributed by atoms with Gasteiger partial charge in [-0.15, -0.1) is 0 Å². The van der Waals surface area contributed by atoms with Gasteiger partial charge in [-0.2, -0.15) is 0 Å². The zero-order valence-corrected chi connectivity index (χ0v) is 15.9. The third-order valence-electron chi connectivity index (χ3n) is 5.50. The molecule has 3 aromatic rings. The van der Waals surface area contributed by atoms with Crippen LogP contribution in [-0.2, 0) is 21.6 Å². The average molecular weight is 391 g/mol. The standard InChI is InChI=1S/C22H21N3O4/c1-13-9-14(17-7-2-3-8-19(17)24-13)12-29-16-6-4-5-15(10-16)22(21(23)27)11-18(22)20(26)25-28/h2-10,18,28H,11-12H2,1H3,(H2,23,27)(H,25,26)/t18-,22-/m1/s1. The second-order valence-corrected chi connectivity index (χ2v) is 7.32. The van der Waals surface area contributed by atoms with E-state index in [1.54, 1.807) is 29.7 Å². The largest absolute Gasteiger partial charge is 0.489 e. The Bertz CT molecular complexity index is 1110. The van der Waals surface area contributed by atoms with Crippen molar-refractivity contribution >= 4 is 22.7 Å². The molecule has 2 amide bonds. The third-order valence-corrected chi connectivity index (χ3v) is 5.50. The number of carbonyl (C=O) groups excluding carboxylic acids is 2. The van der Waals surface area contributed by atoms with E-state index in [1.165, 1.54) is 0 Å². The molecule has 1 heterocycles. The number of ether oxygens (including phenoxy) is 1. The predicted octanol–water partition coefficient (Wildman–Crippen LogP) is 2.37. The van der Waals surface area contributed by atoms with E-state index >= 15 is 0 Å². The summed E-state index contributed by atoms with van der Waals surface area (Å²) < 4.78 is 5.99. The molecule has 4 rings (SSSR count). The summed E-state index contributed by atoms with van der Waals surface area (Å²) in [6, 6.07) is 16.9. The quantitative estimate of drug-likeness (QED) is 0.441. The maximum atomic E-state index is 12.1. The number of hydrogen-bond donors (Lipinski definition) is 3. The Morgan fingerprint density at radius 3 is 2.79 bits per heavy atom. The zero-order chi connectivity index (χ0) is 20.6. The van der Waals surface area contributed by atoms with Crippen LogP contribution < -0.4 is 16.0 Å². The van der Waals surface area contributed by atoms with Gasteiger partial charge in [-0.3, -0.25) is 19.8 Å². The van der Waals surface area contributed by atoms with Crippen LogP contribution in [0.5, 0.6) is 5.75 Å². The summed E-state index contributed by atoms with van der Waals surface area (Å²) in [5.41, 5.74) is 9.50. The zero-order valence-electron chi connectivity index (χ0n) is 15.9. The normalized spacial score (nSPS) is 20.3. The van der Waals surface area contributed by atoms with Crippen molar-refractivity contribution in [2.75, 3.05) is 0 Å². The number of benzene rings is 2. The fourth-order valence-electron chi connectivity index (χ4n) is 3.93. The number of para-hydroxylation sites is 1. The van der Waals surface area contributed by atoms with Gasteiger partial charge in [-0.1, -0.05) is 30.3 Å². The van der Waals surface area contributed by atoms with Gasteiger partial charge in [-0.25, -0.2) is 5.48 Å². The molecule has 7 heteroatoms. The van der Waals surface area contributed by atoms with Crippen LogP contribution in [0.15, 0.2) is 54.6 Å². The number of carbonyl (C=O) groups is 2. The molecule has 1 aromatic heterocycles. The van der Waals surface area contributed by atoms with Crippen molar-refractivity contribution in [2.45, 2.75) is 25.4 Å². The maximum Gasteiger partial charge on any atom is 0.247 e. The van der Waals surface area contributed by atoms with Gasteiger partial charge in [-0.05, 0) is 43.2 Å². The molecular weight excluding hydrogens is 370 g/mol. The van der Waals surface area contributed by atoms with Crippen molar-refractivity contribution in [1.29, 1.82) is 0 Å². The number of aryl methyl sites for hydroxylation is 1. The van der Waals surface area contributed by atoms with Crippen LogP contribution in [0.1, 0.15) is 23.2 Å². The molecule has 2 atom stereocenters. The minimum atomic E-state index is -1.12. The van der Waals surface area contributed by atoms with Gasteiger partial charge in [0.2, 0.25) is 11.8 Å². The van der Waals surface area contributed by atoms with Crippen LogP contribution in [0.3, 0.4) is 0 Å². The lowest BCUT2D eigenvalue weighted by atomic mass is 9.92. The van der Waals surface area contributed by atoms with E-state index in [9.17, 15) is 9.59 Å². The number of aromatic nitrogens is 1. The lowest BCUT2D eigenvalue weighted by Gasteiger charge is -2.16. The first-order chi connectivity index (χ1) is 14.0. The SMILES string of the molecule is Cc1cc(COc2cccc([C@]3(C(N)=O)C[C@@H]3C(=O)NO)c2)c2ccccc2n1. The van der Waals surface area contributed by atoms with Crippen molar-refractivity contribution in [1.82, 2.24) is 10.5 Å². The summed E-state index contributed by atoms with van der Waals surface area (Å²) in [5.74, 6) is -1.34. The van der Waals surface area contributed by atoms with Gasteiger partial charge in [0, 0.05) is 16.6 Å². The molecule has 0 bridgehead atoms. The molecule has 1 aliphatic rings. The number of hydroxylamine groups is 1. The Kier molecular flexibility index (Phi) is 4.68. The van der Waals surface area contributed by atoms with Crippen LogP contribution in [0, 0.1) is 12.8 Å². The summed E-state index contributed by atoms with van der Waals surface area (Å²) in [6.07, 6.45) is 0.256. The fourth-order valence-corrected chi connectivity index (χ4v) is 3.93. The number of primary amides is 1. The number of nitrogens with one attached hydrogen (secondary N) is 1. The number of nitrogens with zero attached hydrogens (tertiary/aromatic N) is 1. The Hall–Kier alpha value is -3.45. The molecule has 1 saturated carbocycles. The first-order valence-electron chi connectivity index (χ1n) is 9.28. The van der Waals surface area contributed by atoms with Crippen LogP contribution >= 0.6 is 0 Å². The van der Waals surface area contributed by atoms with Gasteiger partial charge in [0.15, 0.2) is 0 Å². The molecule has 0 radical (unpaired) electrons. The van der Waals surface area contributed by atoms with E-state index in [2.05, 4.69) is 4.98 Å². The molecule has 0 unspecified atom stereocenters. The van der Waals surface area contributed by atoms with Gasteiger partial charge in [0.25, 0.3) is 0 Å². The predicted molar refractivity (Wildman–Crippen MR) is 106 cm³/mol. The Balaban J connectivity index is 1.60. The summed E-state index contributed by atoms with van der Waals surface area (Å²) >= 11 is 0. The van der Waals surface area contributed by atoms with E-state index in [0.29, 0.717) is 17.9 Å². The second-order valence-electron chi connectivity index (χ2n) is 7.32. The van der Waals surface area contributed by atoms with Crippen LogP contribution in [0.2, 0.25) is 0 Å². The number of pyridine rings is 1. The Labute approximate surface area is 167 Å². The van der Waals surface area contributed by atoms with E-state index in [4.69, 9.17) is 15.7 Å². The fraction of sp³-hybridized carbons (Fsp3) is 0.227. The number of nitrogens with two attached hydrogens (primary N) is 1. The molecule has 1 fully saturated rings. The highest BCUT2D eigenvalue weighted by Gasteiger charge is 2.63. The number of amides is 2. The summed E-state index contributed by atoms with van der Waals surface area (Å²) in [7, 11) is 0. The summed E-state index contributed by atoms with van der Waals surface area (Å²) in [5, 5.41) is 9.92. The van der Waals surface area contributed by atoms with Gasteiger partial charge in [0.1, 0.15) is 12.4 Å². The lowest BCUT2D eigenvalue weighted by molar-refractivity contribution is -0.132. The van der Waals surface area contributed by atoms with Crippen molar-refractivity contribution in [3.05, 3.63) is 71.4 Å². The highest BCUT2D eigenvalue weighted by Crippen LogP contribution is 2.54. The molecule has 0 aliphatic heterocycles. The number of fused-ring (bicyclic) bond motifs is 1. The minimum Gasteiger partial charge on any atom is -0.489 e. The van der Waals surface area contributed by atoms with Crippen molar-refractivity contribution in [3.63, 3.8) is 0 Å². The highest BCUT2D eigenvalue weighted by atomic mass is 16.5. The average Bonchev–Trinajstić information content (AvgIpc) is 3.49.